The van der Waals surface area contributed by atoms with Crippen molar-refractivity contribution in [3.05, 3.63) is 140 Å². The number of fused-ring (bicyclic) bond motifs is 6. The summed E-state index contributed by atoms with van der Waals surface area (Å²) in [6.07, 6.45) is 2.18. The molecule has 2 aromatic heterocycles. The molecule has 0 spiro atoms. The Balaban J connectivity index is 0.00000277. The van der Waals surface area contributed by atoms with Crippen molar-refractivity contribution in [2.75, 3.05) is 0 Å². The number of hydrogen-bond donors (Lipinski definition) is 0. The zero-order valence-corrected chi connectivity index (χ0v) is 24.3. The summed E-state index contributed by atoms with van der Waals surface area (Å²) < 4.78 is 4.40. The third kappa shape index (κ3) is 3.98. The molecule has 39 heavy (non-hydrogen) atoms. The van der Waals surface area contributed by atoms with E-state index >= 15 is 0 Å². The molecule has 5 aromatic carbocycles. The Morgan fingerprint density at radius 1 is 0.692 bits per heavy atom. The maximum absolute atomic E-state index is 4.47. The van der Waals surface area contributed by atoms with Crippen molar-refractivity contribution in [3.63, 3.8) is 0 Å². The molecule has 2 heterocycles. The summed E-state index contributed by atoms with van der Waals surface area (Å²) in [6, 6.07) is 42.4. The summed E-state index contributed by atoms with van der Waals surface area (Å²) >= 11 is 0. The van der Waals surface area contributed by atoms with Gasteiger partial charge >= 0.3 is 0 Å². The maximum Gasteiger partial charge on any atom is 0.194 e. The molecule has 0 fully saturated rings. The first kappa shape index (κ1) is 25.1. The van der Waals surface area contributed by atoms with Crippen molar-refractivity contribution in [1.82, 2.24) is 4.40 Å². The van der Waals surface area contributed by atoms with E-state index in [2.05, 4.69) is 141 Å². The van der Waals surface area contributed by atoms with Crippen molar-refractivity contribution < 1.29 is 24.7 Å². The Labute approximate surface area is 242 Å². The topological polar surface area (TPSA) is 8.29 Å². The van der Waals surface area contributed by atoms with Crippen LogP contribution in [0.25, 0.3) is 60.8 Å². The molecule has 0 aliphatic carbocycles. The monoisotopic (exact) mass is 680 g/mol. The minimum Gasteiger partial charge on any atom is -0.355 e. The van der Waals surface area contributed by atoms with Gasteiger partial charge in [-0.1, -0.05) is 95.7 Å². The van der Waals surface area contributed by atoms with Gasteiger partial charge in [0.05, 0.1) is 0 Å². The number of imidazole rings is 1. The summed E-state index contributed by atoms with van der Waals surface area (Å²) in [4.78, 5) is 0. The number of aromatic nitrogens is 2. The molecule has 0 saturated heterocycles. The fourth-order valence-corrected chi connectivity index (χ4v) is 5.78. The normalized spacial score (nSPS) is 11.2. The molecule has 0 unspecified atom stereocenters. The van der Waals surface area contributed by atoms with Crippen molar-refractivity contribution in [3.8, 4) is 33.5 Å². The van der Waals surface area contributed by atoms with Gasteiger partial charge < -0.3 is 4.57 Å². The van der Waals surface area contributed by atoms with Gasteiger partial charge in [0.25, 0.3) is 0 Å². The minimum absolute atomic E-state index is 0. The first-order valence-corrected chi connectivity index (χ1v) is 13.0. The molecule has 0 N–H and O–H groups in total. The van der Waals surface area contributed by atoms with Gasteiger partial charge in [0, 0.05) is 31.9 Å². The molecule has 2 nitrogen and oxygen atoms in total. The molecule has 7 aromatic rings. The Bertz CT molecular complexity index is 1930. The fraction of sp³-hybridized carbons (Fsp3) is 0.0556. The number of benzene rings is 5. The van der Waals surface area contributed by atoms with Crippen LogP contribution in [0.3, 0.4) is 0 Å². The number of aryl methyl sites for hydroxylation is 2. The molecule has 0 saturated carbocycles. The van der Waals surface area contributed by atoms with E-state index in [-0.39, 0.29) is 20.1 Å². The van der Waals surface area contributed by atoms with Crippen LogP contribution >= 0.6 is 0 Å². The van der Waals surface area contributed by atoms with Gasteiger partial charge in [-0.15, -0.1) is 24.3 Å². The van der Waals surface area contributed by atoms with Crippen LogP contribution in [0.1, 0.15) is 11.1 Å². The van der Waals surface area contributed by atoms with Crippen LogP contribution in [0.5, 0.6) is 0 Å². The maximum atomic E-state index is 4.47. The van der Waals surface area contributed by atoms with E-state index < -0.39 is 0 Å². The van der Waals surface area contributed by atoms with E-state index in [9.17, 15) is 0 Å². The van der Waals surface area contributed by atoms with E-state index in [0.29, 0.717) is 0 Å². The SMILES string of the molecule is [CH2-][n+]1cc(-c2c(-c3ccccc3)cccc2-c2ccccc2)n2c3cc(C)c(C)cc3c3ccc[c-]c3c21.[Ir]. The van der Waals surface area contributed by atoms with E-state index in [1.807, 2.05) is 10.6 Å². The van der Waals surface area contributed by atoms with Crippen molar-refractivity contribution >= 4 is 27.3 Å². The van der Waals surface area contributed by atoms with Crippen LogP contribution in [0.15, 0.2) is 115 Å². The Kier molecular flexibility index (Phi) is 6.35. The van der Waals surface area contributed by atoms with Crippen LogP contribution < -0.4 is 4.57 Å². The Morgan fingerprint density at radius 2 is 1.31 bits per heavy atom. The van der Waals surface area contributed by atoms with E-state index in [1.54, 1.807) is 0 Å². The second-order valence-corrected chi connectivity index (χ2v) is 10.0. The zero-order chi connectivity index (χ0) is 25.8. The van der Waals surface area contributed by atoms with E-state index in [4.69, 9.17) is 0 Å². The molecule has 0 bridgehead atoms. The van der Waals surface area contributed by atoms with Crippen molar-refractivity contribution in [1.29, 1.82) is 0 Å². The fourth-order valence-electron chi connectivity index (χ4n) is 5.78. The summed E-state index contributed by atoms with van der Waals surface area (Å²) in [5, 5.41) is 3.49. The average molecular weight is 680 g/mol. The molecule has 0 amide bonds. The molecule has 0 atom stereocenters. The zero-order valence-electron chi connectivity index (χ0n) is 21.9. The molecule has 3 heteroatoms. The van der Waals surface area contributed by atoms with Crippen LogP contribution in [0.4, 0.5) is 0 Å². The smallest absolute Gasteiger partial charge is 0.194 e. The second-order valence-electron chi connectivity index (χ2n) is 10.0. The first-order valence-electron chi connectivity index (χ1n) is 13.0. The molecule has 0 aliphatic heterocycles. The standard InChI is InChI=1S/C36H27N2.Ir/c1-24-21-32-30-17-10-11-18-31(30)36-37(3)23-34(38(36)33(32)22-25(24)2)35-28(26-13-6-4-7-14-26)19-12-20-29(35)27-15-8-5-9-16-27;/h4-17,19-23H,3H2,1-2H3;/q-1;. The third-order valence-corrected chi connectivity index (χ3v) is 7.72. The van der Waals surface area contributed by atoms with Gasteiger partial charge in [0.1, 0.15) is 11.2 Å². The largest absolute Gasteiger partial charge is 0.355 e. The molecule has 1 radical (unpaired) electrons. The summed E-state index contributed by atoms with van der Waals surface area (Å²) in [5.74, 6) is 0. The van der Waals surface area contributed by atoms with Crippen LogP contribution in [0.2, 0.25) is 0 Å². The molecular formula is C36H27IrN2-. The summed E-state index contributed by atoms with van der Waals surface area (Å²) in [7, 11) is 4.47. The second kappa shape index (κ2) is 9.85. The Morgan fingerprint density at radius 3 is 1.95 bits per heavy atom. The molecule has 0 aliphatic rings. The van der Waals surface area contributed by atoms with Crippen LogP contribution in [-0.2, 0) is 20.1 Å². The quantitative estimate of drug-likeness (QED) is 0.101. The minimum atomic E-state index is 0. The van der Waals surface area contributed by atoms with E-state index in [1.165, 1.54) is 55.2 Å². The number of nitrogens with zero attached hydrogens (tertiary/aromatic N) is 2. The molecular weight excluding hydrogens is 653 g/mol. The molecule has 191 valence electrons. The molecule has 7 rings (SSSR count). The predicted molar refractivity (Wildman–Crippen MR) is 158 cm³/mol. The summed E-state index contributed by atoms with van der Waals surface area (Å²) in [5.41, 5.74) is 11.8. The Hall–Kier alpha value is -4.17. The number of pyridine rings is 1. The van der Waals surface area contributed by atoms with Gasteiger partial charge in [-0.25, -0.2) is 4.40 Å². The van der Waals surface area contributed by atoms with Gasteiger partial charge in [-0.3, -0.25) is 0 Å². The summed E-state index contributed by atoms with van der Waals surface area (Å²) in [6.45, 7) is 4.38. The van der Waals surface area contributed by atoms with Crippen molar-refractivity contribution in [2.45, 2.75) is 13.8 Å². The predicted octanol–water partition coefficient (Wildman–Crippen LogP) is 8.59. The first-order chi connectivity index (χ1) is 18.6. The van der Waals surface area contributed by atoms with Crippen molar-refractivity contribution in [2.24, 2.45) is 0 Å². The average Bonchev–Trinajstić information content (AvgIpc) is 3.31. The number of rotatable bonds is 3. The van der Waals surface area contributed by atoms with Gasteiger partial charge in [-0.2, -0.15) is 0 Å². The number of hydrogen-bond acceptors (Lipinski definition) is 0. The van der Waals surface area contributed by atoms with Crippen LogP contribution in [0, 0.1) is 27.0 Å². The van der Waals surface area contributed by atoms with E-state index in [0.717, 1.165) is 16.7 Å². The van der Waals surface area contributed by atoms with Gasteiger partial charge in [-0.05, 0) is 65.7 Å². The van der Waals surface area contributed by atoms with Crippen LogP contribution in [-0.4, -0.2) is 4.40 Å². The van der Waals surface area contributed by atoms with Gasteiger partial charge in [0.2, 0.25) is 0 Å². The third-order valence-electron chi connectivity index (χ3n) is 7.72. The van der Waals surface area contributed by atoms with Gasteiger partial charge in [0.15, 0.2) is 5.65 Å².